The molecule has 3 rings (SSSR count). The van der Waals surface area contributed by atoms with E-state index in [2.05, 4.69) is 15.5 Å². The number of carbonyl (C=O) groups excluding carboxylic acids is 1. The Bertz CT molecular complexity index is 558. The molecule has 0 unspecified atom stereocenters. The van der Waals surface area contributed by atoms with Crippen molar-refractivity contribution in [3.63, 3.8) is 0 Å². The lowest BCUT2D eigenvalue weighted by Crippen LogP contribution is -2.20. The summed E-state index contributed by atoms with van der Waals surface area (Å²) in [6.07, 6.45) is 5.72. The minimum atomic E-state index is -0.374. The molecule has 2 N–H and O–H groups in total. The SMILES string of the molecule is O=C(Nc1ccc2cn[nH]c2c1)OC1CCCC1. The number of carbonyl (C=O) groups is 1. The van der Waals surface area contributed by atoms with E-state index in [0.717, 1.165) is 42.3 Å². The molecule has 1 saturated carbocycles. The standard InChI is InChI=1S/C13H15N3O2/c17-13(18-11-3-1-2-4-11)15-10-6-5-9-8-14-16-12(9)7-10/h5-8,11H,1-4H2,(H,14,16)(H,15,17). The Labute approximate surface area is 105 Å². The number of benzene rings is 1. The highest BCUT2D eigenvalue weighted by atomic mass is 16.6. The van der Waals surface area contributed by atoms with E-state index in [1.807, 2.05) is 18.2 Å². The zero-order valence-corrected chi connectivity index (χ0v) is 9.98. The molecular weight excluding hydrogens is 230 g/mol. The van der Waals surface area contributed by atoms with Crippen LogP contribution in [0.5, 0.6) is 0 Å². The summed E-state index contributed by atoms with van der Waals surface area (Å²) in [5, 5.41) is 10.6. The van der Waals surface area contributed by atoms with E-state index in [-0.39, 0.29) is 12.2 Å². The molecule has 94 valence electrons. The Morgan fingerprint density at radius 1 is 1.39 bits per heavy atom. The van der Waals surface area contributed by atoms with Gasteiger partial charge < -0.3 is 4.74 Å². The molecule has 1 aromatic heterocycles. The second-order valence-electron chi connectivity index (χ2n) is 4.61. The quantitative estimate of drug-likeness (QED) is 0.854. The van der Waals surface area contributed by atoms with Gasteiger partial charge in [-0.3, -0.25) is 10.4 Å². The molecule has 0 radical (unpaired) electrons. The van der Waals surface area contributed by atoms with Gasteiger partial charge >= 0.3 is 6.09 Å². The predicted molar refractivity (Wildman–Crippen MR) is 68.5 cm³/mol. The van der Waals surface area contributed by atoms with Gasteiger partial charge in [0.1, 0.15) is 6.10 Å². The molecule has 1 aliphatic carbocycles. The molecule has 0 bridgehead atoms. The average Bonchev–Trinajstić information content (AvgIpc) is 2.98. The lowest BCUT2D eigenvalue weighted by molar-refractivity contribution is 0.114. The van der Waals surface area contributed by atoms with Crippen molar-refractivity contribution >= 4 is 22.7 Å². The number of rotatable bonds is 2. The second-order valence-corrected chi connectivity index (χ2v) is 4.61. The molecule has 1 heterocycles. The van der Waals surface area contributed by atoms with Crippen LogP contribution in [0.1, 0.15) is 25.7 Å². The molecule has 2 aromatic rings. The molecule has 18 heavy (non-hydrogen) atoms. The molecule has 1 aliphatic rings. The van der Waals surface area contributed by atoms with Crippen molar-refractivity contribution in [1.82, 2.24) is 10.2 Å². The van der Waals surface area contributed by atoms with Crippen LogP contribution in [0.2, 0.25) is 0 Å². The lowest BCUT2D eigenvalue weighted by atomic mass is 10.2. The maximum absolute atomic E-state index is 11.7. The lowest BCUT2D eigenvalue weighted by Gasteiger charge is -2.12. The van der Waals surface area contributed by atoms with E-state index >= 15 is 0 Å². The average molecular weight is 245 g/mol. The summed E-state index contributed by atoms with van der Waals surface area (Å²) < 4.78 is 5.33. The number of amides is 1. The number of ether oxygens (including phenoxy) is 1. The van der Waals surface area contributed by atoms with Crippen molar-refractivity contribution in [3.8, 4) is 0 Å². The molecule has 1 amide bonds. The number of hydrogen-bond acceptors (Lipinski definition) is 3. The first kappa shape index (κ1) is 11.1. The van der Waals surface area contributed by atoms with Crippen LogP contribution in [0.25, 0.3) is 10.9 Å². The fourth-order valence-corrected chi connectivity index (χ4v) is 2.32. The molecule has 0 saturated heterocycles. The number of anilines is 1. The molecule has 0 spiro atoms. The van der Waals surface area contributed by atoms with Gasteiger partial charge in [0, 0.05) is 11.1 Å². The molecule has 1 aromatic carbocycles. The minimum Gasteiger partial charge on any atom is -0.446 e. The summed E-state index contributed by atoms with van der Waals surface area (Å²) in [6.45, 7) is 0. The number of hydrogen-bond donors (Lipinski definition) is 2. The Morgan fingerprint density at radius 3 is 3.06 bits per heavy atom. The summed E-state index contributed by atoms with van der Waals surface area (Å²) in [7, 11) is 0. The highest BCUT2D eigenvalue weighted by molar-refractivity contribution is 5.89. The van der Waals surface area contributed by atoms with Gasteiger partial charge in [-0.1, -0.05) is 0 Å². The Morgan fingerprint density at radius 2 is 2.22 bits per heavy atom. The smallest absolute Gasteiger partial charge is 0.411 e. The van der Waals surface area contributed by atoms with Crippen LogP contribution in [0.3, 0.4) is 0 Å². The summed E-state index contributed by atoms with van der Waals surface area (Å²) >= 11 is 0. The highest BCUT2D eigenvalue weighted by Gasteiger charge is 2.19. The molecular formula is C13H15N3O2. The van der Waals surface area contributed by atoms with Gasteiger partial charge in [0.15, 0.2) is 0 Å². The van der Waals surface area contributed by atoms with Crippen molar-refractivity contribution in [3.05, 3.63) is 24.4 Å². The van der Waals surface area contributed by atoms with Gasteiger partial charge in [-0.2, -0.15) is 5.10 Å². The third-order valence-corrected chi connectivity index (χ3v) is 3.26. The van der Waals surface area contributed by atoms with Crippen molar-refractivity contribution in [1.29, 1.82) is 0 Å². The maximum atomic E-state index is 11.7. The van der Waals surface area contributed by atoms with E-state index in [0.29, 0.717) is 0 Å². The van der Waals surface area contributed by atoms with Gasteiger partial charge in [0.2, 0.25) is 0 Å². The Hall–Kier alpha value is -2.04. The minimum absolute atomic E-state index is 0.0842. The molecule has 0 atom stereocenters. The van der Waals surface area contributed by atoms with E-state index in [1.54, 1.807) is 6.20 Å². The molecule has 5 nitrogen and oxygen atoms in total. The first-order valence-corrected chi connectivity index (χ1v) is 6.22. The number of fused-ring (bicyclic) bond motifs is 1. The zero-order valence-electron chi connectivity index (χ0n) is 9.98. The first-order chi connectivity index (χ1) is 8.81. The van der Waals surface area contributed by atoms with Gasteiger partial charge in [0.05, 0.1) is 11.7 Å². The third-order valence-electron chi connectivity index (χ3n) is 3.26. The number of nitrogens with one attached hydrogen (secondary N) is 2. The number of nitrogens with zero attached hydrogens (tertiary/aromatic N) is 1. The van der Waals surface area contributed by atoms with Crippen LogP contribution in [0, 0.1) is 0 Å². The zero-order chi connectivity index (χ0) is 12.4. The van der Waals surface area contributed by atoms with Gasteiger partial charge in [-0.25, -0.2) is 4.79 Å². The van der Waals surface area contributed by atoms with Crippen molar-refractivity contribution in [2.45, 2.75) is 31.8 Å². The van der Waals surface area contributed by atoms with Crippen LogP contribution in [0.15, 0.2) is 24.4 Å². The normalized spacial score (nSPS) is 16.0. The van der Waals surface area contributed by atoms with Gasteiger partial charge in [0.25, 0.3) is 0 Å². The second kappa shape index (κ2) is 4.68. The topological polar surface area (TPSA) is 67.0 Å². The molecule has 0 aliphatic heterocycles. The van der Waals surface area contributed by atoms with Crippen LogP contribution in [-0.2, 0) is 4.74 Å². The van der Waals surface area contributed by atoms with Crippen LogP contribution in [0.4, 0.5) is 10.5 Å². The van der Waals surface area contributed by atoms with E-state index < -0.39 is 0 Å². The van der Waals surface area contributed by atoms with Gasteiger partial charge in [-0.05, 0) is 43.9 Å². The summed E-state index contributed by atoms with van der Waals surface area (Å²) in [6, 6.07) is 5.59. The summed E-state index contributed by atoms with van der Waals surface area (Å²) in [4.78, 5) is 11.7. The van der Waals surface area contributed by atoms with Crippen molar-refractivity contribution in [2.24, 2.45) is 0 Å². The fourth-order valence-electron chi connectivity index (χ4n) is 2.32. The first-order valence-electron chi connectivity index (χ1n) is 6.22. The number of aromatic amines is 1. The molecule has 5 heteroatoms. The van der Waals surface area contributed by atoms with Gasteiger partial charge in [-0.15, -0.1) is 0 Å². The van der Waals surface area contributed by atoms with E-state index in [4.69, 9.17) is 4.74 Å². The van der Waals surface area contributed by atoms with E-state index in [1.165, 1.54) is 0 Å². The van der Waals surface area contributed by atoms with Crippen molar-refractivity contribution in [2.75, 3.05) is 5.32 Å². The highest BCUT2D eigenvalue weighted by Crippen LogP contribution is 2.22. The molecule has 1 fully saturated rings. The predicted octanol–water partition coefficient (Wildman–Crippen LogP) is 3.05. The largest absolute Gasteiger partial charge is 0.446 e. The monoisotopic (exact) mass is 245 g/mol. The van der Waals surface area contributed by atoms with Crippen molar-refractivity contribution < 1.29 is 9.53 Å². The Kier molecular flexibility index (Phi) is 2.88. The number of aromatic nitrogens is 2. The summed E-state index contributed by atoms with van der Waals surface area (Å²) in [5.74, 6) is 0. The third kappa shape index (κ3) is 2.30. The number of H-pyrrole nitrogens is 1. The fraction of sp³-hybridized carbons (Fsp3) is 0.385. The Balaban J connectivity index is 1.65. The summed E-state index contributed by atoms with van der Waals surface area (Å²) in [5.41, 5.74) is 1.61. The van der Waals surface area contributed by atoms with Crippen LogP contribution < -0.4 is 5.32 Å². The maximum Gasteiger partial charge on any atom is 0.411 e. The van der Waals surface area contributed by atoms with Crippen LogP contribution >= 0.6 is 0 Å². The van der Waals surface area contributed by atoms with E-state index in [9.17, 15) is 4.79 Å². The van der Waals surface area contributed by atoms with Crippen LogP contribution in [-0.4, -0.2) is 22.4 Å².